The van der Waals surface area contributed by atoms with Crippen LogP contribution in [0, 0.1) is 17.2 Å². The molecule has 1 fully saturated rings. The molecule has 0 spiro atoms. The number of fused-ring (bicyclic) bond motifs is 1. The van der Waals surface area contributed by atoms with Crippen LogP contribution in [0.4, 0.5) is 11.4 Å². The molecule has 1 aliphatic carbocycles. The number of pyridine rings is 2. The topological polar surface area (TPSA) is 82.2 Å². The second kappa shape index (κ2) is 7.86. The first-order valence-electron chi connectivity index (χ1n) is 10.6. The number of nitrogens with zero attached hydrogens (tertiary/aromatic N) is 4. The Balaban J connectivity index is 1.71. The molecule has 32 heavy (non-hydrogen) atoms. The molecule has 158 valence electrons. The third-order valence-electron chi connectivity index (χ3n) is 5.98. The van der Waals surface area contributed by atoms with Crippen molar-refractivity contribution in [3.8, 4) is 22.9 Å². The Hall–Kier alpha value is -4.11. The van der Waals surface area contributed by atoms with Gasteiger partial charge in [0, 0.05) is 30.9 Å². The molecule has 0 amide bonds. The van der Waals surface area contributed by atoms with E-state index in [-0.39, 0.29) is 11.3 Å². The van der Waals surface area contributed by atoms with Gasteiger partial charge in [0.2, 0.25) is 0 Å². The zero-order valence-corrected chi connectivity index (χ0v) is 17.7. The molecule has 0 bridgehead atoms. The summed E-state index contributed by atoms with van der Waals surface area (Å²) in [6, 6.07) is 22.3. The van der Waals surface area contributed by atoms with Gasteiger partial charge in [-0.25, -0.2) is 4.98 Å². The van der Waals surface area contributed by atoms with Crippen LogP contribution in [0.15, 0.2) is 71.5 Å². The van der Waals surface area contributed by atoms with E-state index >= 15 is 0 Å². The molecule has 1 N–H and O–H groups in total. The number of nitriles is 1. The summed E-state index contributed by atoms with van der Waals surface area (Å²) in [5.41, 5.74) is 4.74. The first-order valence-corrected chi connectivity index (χ1v) is 10.6. The van der Waals surface area contributed by atoms with Crippen molar-refractivity contribution in [3.63, 3.8) is 0 Å². The van der Waals surface area contributed by atoms with Gasteiger partial charge in [-0.3, -0.25) is 4.79 Å². The van der Waals surface area contributed by atoms with E-state index < -0.39 is 0 Å². The van der Waals surface area contributed by atoms with Gasteiger partial charge in [0.1, 0.15) is 23.0 Å². The van der Waals surface area contributed by atoms with Crippen LogP contribution < -0.4 is 10.5 Å². The Bertz CT molecular complexity index is 1430. The molecule has 2 aromatic heterocycles. The van der Waals surface area contributed by atoms with Crippen molar-refractivity contribution in [2.75, 3.05) is 11.4 Å². The van der Waals surface area contributed by atoms with Gasteiger partial charge in [-0.15, -0.1) is 0 Å². The number of hydrogen-bond donors (Lipinski definition) is 1. The third-order valence-corrected chi connectivity index (χ3v) is 5.98. The fraction of sp³-hybridized carbons (Fsp3) is 0.192. The molecule has 0 radical (unpaired) electrons. The lowest BCUT2D eigenvalue weighted by atomic mass is 10.0. The van der Waals surface area contributed by atoms with Crippen molar-refractivity contribution in [2.45, 2.75) is 12.8 Å². The molecule has 6 nitrogen and oxygen atoms in total. The van der Waals surface area contributed by atoms with E-state index in [0.29, 0.717) is 28.3 Å². The smallest absolute Gasteiger partial charge is 0.252 e. The predicted octanol–water partition coefficient (Wildman–Crippen LogP) is 4.73. The molecule has 0 aliphatic heterocycles. The number of aryl methyl sites for hydroxylation is 1. The second-order valence-corrected chi connectivity index (χ2v) is 8.22. The largest absolute Gasteiger partial charge is 0.507 e. The van der Waals surface area contributed by atoms with E-state index in [4.69, 9.17) is 0 Å². The fourth-order valence-electron chi connectivity index (χ4n) is 4.04. The normalized spacial score (nSPS) is 13.1. The Morgan fingerprint density at radius 1 is 1.12 bits per heavy atom. The number of anilines is 2. The molecule has 0 saturated heterocycles. The fourth-order valence-corrected chi connectivity index (χ4v) is 4.04. The van der Waals surface area contributed by atoms with Crippen molar-refractivity contribution in [3.05, 3.63) is 82.8 Å². The predicted molar refractivity (Wildman–Crippen MR) is 125 cm³/mol. The van der Waals surface area contributed by atoms with Gasteiger partial charge in [0.05, 0.1) is 11.2 Å². The van der Waals surface area contributed by atoms with Crippen LogP contribution in [0.3, 0.4) is 0 Å². The molecule has 1 aliphatic rings. The highest BCUT2D eigenvalue weighted by molar-refractivity contribution is 5.91. The minimum absolute atomic E-state index is 0.128. The summed E-state index contributed by atoms with van der Waals surface area (Å²) in [6.45, 7) is 0.755. The third kappa shape index (κ3) is 3.58. The molecule has 2 aromatic carbocycles. The van der Waals surface area contributed by atoms with Crippen molar-refractivity contribution in [1.29, 1.82) is 5.26 Å². The van der Waals surface area contributed by atoms with Gasteiger partial charge in [0.15, 0.2) is 0 Å². The van der Waals surface area contributed by atoms with Crippen molar-refractivity contribution in [1.82, 2.24) is 9.55 Å². The summed E-state index contributed by atoms with van der Waals surface area (Å²) >= 11 is 0. The van der Waals surface area contributed by atoms with Crippen molar-refractivity contribution in [2.24, 2.45) is 13.0 Å². The van der Waals surface area contributed by atoms with Gasteiger partial charge in [0.25, 0.3) is 5.56 Å². The number of benzene rings is 2. The highest BCUT2D eigenvalue weighted by Crippen LogP contribution is 2.39. The van der Waals surface area contributed by atoms with Crippen molar-refractivity contribution >= 4 is 22.4 Å². The van der Waals surface area contributed by atoms with Gasteiger partial charge < -0.3 is 14.6 Å². The number of phenols is 1. The van der Waals surface area contributed by atoms with Crippen LogP contribution in [0.5, 0.6) is 5.75 Å². The number of rotatable bonds is 5. The standard InChI is InChI=1S/C26H22N4O2/c1-29-22-12-11-19(15-27)28-26(22)23(14-25(29)32)30(16-17-9-10-17)20-6-4-5-18(13-20)21-7-2-3-8-24(21)31/h2-8,11-14,17,31H,9-10,16H2,1H3. The Kier molecular flexibility index (Phi) is 4.87. The molecule has 0 unspecified atom stereocenters. The average molecular weight is 422 g/mol. The highest BCUT2D eigenvalue weighted by Gasteiger charge is 2.27. The molecule has 6 heteroatoms. The minimum atomic E-state index is -0.128. The lowest BCUT2D eigenvalue weighted by Crippen LogP contribution is -2.25. The zero-order valence-electron chi connectivity index (χ0n) is 17.7. The molecule has 0 atom stereocenters. The minimum Gasteiger partial charge on any atom is -0.507 e. The Labute approximate surface area is 185 Å². The van der Waals surface area contributed by atoms with Gasteiger partial charge in [-0.05, 0) is 54.7 Å². The number of para-hydroxylation sites is 1. The summed E-state index contributed by atoms with van der Waals surface area (Å²) in [5.74, 6) is 0.764. The molecule has 1 saturated carbocycles. The summed E-state index contributed by atoms with van der Waals surface area (Å²) in [6.07, 6.45) is 2.30. The van der Waals surface area contributed by atoms with Crippen LogP contribution in [0.2, 0.25) is 0 Å². The van der Waals surface area contributed by atoms with Crippen molar-refractivity contribution < 1.29 is 5.11 Å². The lowest BCUT2D eigenvalue weighted by molar-refractivity contribution is 0.477. The van der Waals surface area contributed by atoms with Gasteiger partial charge >= 0.3 is 0 Å². The highest BCUT2D eigenvalue weighted by atomic mass is 16.3. The van der Waals surface area contributed by atoms with E-state index in [0.717, 1.165) is 36.2 Å². The molecular formula is C26H22N4O2. The molecule has 4 aromatic rings. The number of hydrogen-bond acceptors (Lipinski definition) is 5. The summed E-state index contributed by atoms with van der Waals surface area (Å²) < 4.78 is 1.56. The zero-order chi connectivity index (χ0) is 22.2. The maximum Gasteiger partial charge on any atom is 0.252 e. The van der Waals surface area contributed by atoms with Crippen LogP contribution in [-0.2, 0) is 7.05 Å². The van der Waals surface area contributed by atoms with Crippen LogP contribution in [0.25, 0.3) is 22.2 Å². The average Bonchev–Trinajstić information content (AvgIpc) is 3.64. The van der Waals surface area contributed by atoms with Crippen LogP contribution in [0.1, 0.15) is 18.5 Å². The Morgan fingerprint density at radius 2 is 1.94 bits per heavy atom. The van der Waals surface area contributed by atoms with E-state index in [9.17, 15) is 15.2 Å². The Morgan fingerprint density at radius 3 is 2.69 bits per heavy atom. The van der Waals surface area contributed by atoms with E-state index in [1.165, 1.54) is 0 Å². The monoisotopic (exact) mass is 422 g/mol. The maximum absolute atomic E-state index is 12.8. The van der Waals surface area contributed by atoms with E-state index in [2.05, 4.69) is 16.0 Å². The lowest BCUT2D eigenvalue weighted by Gasteiger charge is -2.27. The van der Waals surface area contributed by atoms with Crippen LogP contribution >= 0.6 is 0 Å². The van der Waals surface area contributed by atoms with E-state index in [1.807, 2.05) is 36.4 Å². The second-order valence-electron chi connectivity index (χ2n) is 8.22. The maximum atomic E-state index is 12.8. The first-order chi connectivity index (χ1) is 15.5. The first kappa shape index (κ1) is 19.8. The molecular weight excluding hydrogens is 400 g/mol. The van der Waals surface area contributed by atoms with Gasteiger partial charge in [-0.1, -0.05) is 30.3 Å². The number of phenolic OH excluding ortho intramolecular Hbond substituents is 1. The molecule has 5 rings (SSSR count). The van der Waals surface area contributed by atoms with E-state index in [1.54, 1.807) is 41.9 Å². The number of aromatic nitrogens is 2. The van der Waals surface area contributed by atoms with Crippen LogP contribution in [-0.4, -0.2) is 21.2 Å². The summed E-state index contributed by atoms with van der Waals surface area (Å²) in [7, 11) is 1.71. The summed E-state index contributed by atoms with van der Waals surface area (Å²) in [5, 5.41) is 19.7. The molecule has 2 heterocycles. The summed E-state index contributed by atoms with van der Waals surface area (Å²) in [4.78, 5) is 19.5. The number of aromatic hydroxyl groups is 1. The quantitative estimate of drug-likeness (QED) is 0.503. The van der Waals surface area contributed by atoms with Gasteiger partial charge in [-0.2, -0.15) is 5.26 Å². The SMILES string of the molecule is Cn1c(=O)cc(N(CC2CC2)c2cccc(-c3ccccc3O)c2)c2nc(C#N)ccc21.